The average Bonchev–Trinajstić information content (AvgIpc) is 2.71. The Labute approximate surface area is 161 Å². The Bertz CT molecular complexity index is 640. The maximum absolute atomic E-state index is 11.6. The van der Waals surface area contributed by atoms with Gasteiger partial charge in [0.2, 0.25) is 0 Å². The first kappa shape index (κ1) is 20.6. The Morgan fingerprint density at radius 1 is 1.37 bits per heavy atom. The van der Waals surface area contributed by atoms with Gasteiger partial charge in [-0.1, -0.05) is 30.9 Å². The number of amides is 1. The van der Waals surface area contributed by atoms with Crippen LogP contribution in [-0.4, -0.2) is 56.3 Å². The summed E-state index contributed by atoms with van der Waals surface area (Å²) in [6, 6.07) is 8.16. The van der Waals surface area contributed by atoms with Crippen LogP contribution >= 0.6 is 0 Å². The van der Waals surface area contributed by atoms with E-state index in [0.29, 0.717) is 26.2 Å². The fourth-order valence-corrected chi connectivity index (χ4v) is 2.94. The second kappa shape index (κ2) is 11.1. The number of benzene rings is 1. The van der Waals surface area contributed by atoms with Crippen LogP contribution in [0.4, 0.5) is 4.79 Å². The van der Waals surface area contributed by atoms with E-state index in [-0.39, 0.29) is 12.1 Å². The monoisotopic (exact) mass is 374 g/mol. The van der Waals surface area contributed by atoms with E-state index in [0.717, 1.165) is 36.7 Å². The lowest BCUT2D eigenvalue weighted by Gasteiger charge is -2.32. The predicted octanol–water partition coefficient (Wildman–Crippen LogP) is 2.54. The highest BCUT2D eigenvalue weighted by Gasteiger charge is 2.23. The van der Waals surface area contributed by atoms with Gasteiger partial charge in [0, 0.05) is 31.2 Å². The maximum atomic E-state index is 11.6. The summed E-state index contributed by atoms with van der Waals surface area (Å²) in [5.41, 5.74) is 1.03. The van der Waals surface area contributed by atoms with Crippen LogP contribution in [0.25, 0.3) is 0 Å². The van der Waals surface area contributed by atoms with Crippen LogP contribution in [-0.2, 0) is 11.3 Å². The molecule has 27 heavy (non-hydrogen) atoms. The molecule has 0 saturated carbocycles. The Hall–Kier alpha value is -2.70. The van der Waals surface area contributed by atoms with E-state index in [9.17, 15) is 4.79 Å². The topological polar surface area (TPSA) is 75.2 Å². The summed E-state index contributed by atoms with van der Waals surface area (Å²) >= 11 is 0. The molecule has 2 N–H and O–H groups in total. The first-order valence-electron chi connectivity index (χ1n) is 9.37. The molecule has 1 saturated heterocycles. The molecule has 1 aliphatic rings. The summed E-state index contributed by atoms with van der Waals surface area (Å²) in [5, 5.41) is 6.75. The molecule has 1 heterocycles. The molecule has 1 aromatic rings. The zero-order chi connectivity index (χ0) is 19.5. The number of para-hydroxylation sites is 1. The van der Waals surface area contributed by atoms with Gasteiger partial charge >= 0.3 is 6.09 Å². The number of likely N-dealkylation sites (tertiary alicyclic amines) is 1. The third-order valence-electron chi connectivity index (χ3n) is 4.35. The molecule has 0 aromatic heterocycles. The number of methoxy groups -OCH3 is 1. The van der Waals surface area contributed by atoms with Crippen molar-refractivity contribution in [2.75, 3.05) is 33.4 Å². The van der Waals surface area contributed by atoms with Crippen LogP contribution in [0.1, 0.15) is 25.3 Å². The second-order valence-electron chi connectivity index (χ2n) is 6.28. The summed E-state index contributed by atoms with van der Waals surface area (Å²) in [6.45, 7) is 8.86. The second-order valence-corrected chi connectivity index (χ2v) is 6.28. The molecule has 1 aromatic carbocycles. The van der Waals surface area contributed by atoms with Crippen molar-refractivity contribution in [2.45, 2.75) is 32.4 Å². The molecule has 0 atom stereocenters. The van der Waals surface area contributed by atoms with Crippen LogP contribution in [0.2, 0.25) is 0 Å². The molecule has 7 heteroatoms. The van der Waals surface area contributed by atoms with Crippen molar-refractivity contribution < 1.29 is 14.3 Å². The largest absolute Gasteiger partial charge is 0.489 e. The minimum Gasteiger partial charge on any atom is -0.489 e. The highest BCUT2D eigenvalue weighted by molar-refractivity contribution is 5.80. The van der Waals surface area contributed by atoms with Gasteiger partial charge in [-0.15, -0.1) is 0 Å². The Balaban J connectivity index is 1.95. The normalized spacial score (nSPS) is 15.2. The molecule has 0 unspecified atom stereocenters. The molecule has 0 spiro atoms. The lowest BCUT2D eigenvalue weighted by molar-refractivity contribution is 0.111. The molecule has 7 nitrogen and oxygen atoms in total. The van der Waals surface area contributed by atoms with Gasteiger partial charge in [-0.05, 0) is 25.8 Å². The number of piperidine rings is 1. The third-order valence-corrected chi connectivity index (χ3v) is 4.35. The quantitative estimate of drug-likeness (QED) is 0.436. The van der Waals surface area contributed by atoms with Gasteiger partial charge in [-0.25, -0.2) is 9.79 Å². The number of carbonyl (C=O) groups is 1. The van der Waals surface area contributed by atoms with Crippen molar-refractivity contribution in [1.82, 2.24) is 15.5 Å². The molecular weight excluding hydrogens is 344 g/mol. The van der Waals surface area contributed by atoms with Crippen LogP contribution in [0.15, 0.2) is 41.9 Å². The van der Waals surface area contributed by atoms with Gasteiger partial charge in [0.05, 0.1) is 13.7 Å². The fourth-order valence-electron chi connectivity index (χ4n) is 2.94. The predicted molar refractivity (Wildman–Crippen MR) is 107 cm³/mol. The molecule has 2 rings (SSSR count). The van der Waals surface area contributed by atoms with Crippen LogP contribution in [0, 0.1) is 0 Å². The van der Waals surface area contributed by atoms with E-state index in [1.54, 1.807) is 11.0 Å². The van der Waals surface area contributed by atoms with Crippen molar-refractivity contribution in [3.05, 3.63) is 42.5 Å². The molecule has 0 bridgehead atoms. The van der Waals surface area contributed by atoms with E-state index in [1.165, 1.54) is 7.11 Å². The van der Waals surface area contributed by atoms with Gasteiger partial charge in [0.15, 0.2) is 5.96 Å². The Morgan fingerprint density at radius 3 is 2.78 bits per heavy atom. The van der Waals surface area contributed by atoms with Crippen molar-refractivity contribution in [2.24, 2.45) is 4.99 Å². The number of ether oxygens (including phenoxy) is 2. The van der Waals surface area contributed by atoms with E-state index < -0.39 is 0 Å². The maximum Gasteiger partial charge on any atom is 0.409 e. The summed E-state index contributed by atoms with van der Waals surface area (Å²) < 4.78 is 10.5. The summed E-state index contributed by atoms with van der Waals surface area (Å²) in [7, 11) is 1.42. The lowest BCUT2D eigenvalue weighted by Crippen LogP contribution is -2.49. The van der Waals surface area contributed by atoms with Gasteiger partial charge in [0.1, 0.15) is 12.4 Å². The van der Waals surface area contributed by atoms with Crippen molar-refractivity contribution in [3.8, 4) is 5.75 Å². The number of rotatable bonds is 7. The Kier molecular flexibility index (Phi) is 8.48. The van der Waals surface area contributed by atoms with Crippen molar-refractivity contribution >= 4 is 12.1 Å². The van der Waals surface area contributed by atoms with Gasteiger partial charge in [-0.3, -0.25) is 0 Å². The zero-order valence-electron chi connectivity index (χ0n) is 16.2. The number of aliphatic imine (C=N–C) groups is 1. The first-order chi connectivity index (χ1) is 13.2. The number of hydrogen-bond acceptors (Lipinski definition) is 4. The lowest BCUT2D eigenvalue weighted by atomic mass is 10.1. The van der Waals surface area contributed by atoms with Gasteiger partial charge < -0.3 is 25.0 Å². The minimum atomic E-state index is -0.259. The minimum absolute atomic E-state index is 0.259. The summed E-state index contributed by atoms with van der Waals surface area (Å²) in [5.74, 6) is 1.59. The summed E-state index contributed by atoms with van der Waals surface area (Å²) in [6.07, 6.45) is 3.19. The Morgan fingerprint density at radius 2 is 2.11 bits per heavy atom. The van der Waals surface area contributed by atoms with E-state index in [1.807, 2.05) is 31.2 Å². The highest BCUT2D eigenvalue weighted by atomic mass is 16.5. The highest BCUT2D eigenvalue weighted by Crippen LogP contribution is 2.19. The number of hydrogen-bond donors (Lipinski definition) is 2. The van der Waals surface area contributed by atoms with Crippen molar-refractivity contribution in [3.63, 3.8) is 0 Å². The molecular formula is C20H30N4O3. The molecule has 0 aliphatic carbocycles. The van der Waals surface area contributed by atoms with E-state index >= 15 is 0 Å². The number of nitrogens with one attached hydrogen (secondary N) is 2. The molecule has 0 radical (unpaired) electrons. The van der Waals surface area contributed by atoms with Crippen LogP contribution < -0.4 is 15.4 Å². The SMILES string of the molecule is C=CCOc1ccccc1CN=C(NCC)NC1CCN(C(=O)OC)CC1. The molecule has 1 amide bonds. The van der Waals surface area contributed by atoms with Gasteiger partial charge in [0.25, 0.3) is 0 Å². The first-order valence-corrected chi connectivity index (χ1v) is 9.37. The third kappa shape index (κ3) is 6.51. The van der Waals surface area contributed by atoms with E-state index in [2.05, 4.69) is 17.2 Å². The summed E-state index contributed by atoms with van der Waals surface area (Å²) in [4.78, 5) is 18.0. The standard InChI is InChI=1S/C20H30N4O3/c1-4-14-27-18-9-7-6-8-16(18)15-22-19(21-5-2)23-17-10-12-24(13-11-17)20(25)26-3/h4,6-9,17H,1,5,10-15H2,2-3H3,(H2,21,22,23). The van der Waals surface area contributed by atoms with E-state index in [4.69, 9.17) is 14.5 Å². The number of nitrogens with zero attached hydrogens (tertiary/aromatic N) is 2. The van der Waals surface area contributed by atoms with Gasteiger partial charge in [-0.2, -0.15) is 0 Å². The fraction of sp³-hybridized carbons (Fsp3) is 0.500. The zero-order valence-corrected chi connectivity index (χ0v) is 16.2. The molecule has 1 aliphatic heterocycles. The number of carbonyl (C=O) groups excluding carboxylic acids is 1. The number of guanidine groups is 1. The molecule has 1 fully saturated rings. The van der Waals surface area contributed by atoms with Crippen LogP contribution in [0.3, 0.4) is 0 Å². The smallest absolute Gasteiger partial charge is 0.409 e. The molecule has 148 valence electrons. The van der Waals surface area contributed by atoms with Crippen molar-refractivity contribution in [1.29, 1.82) is 0 Å². The van der Waals surface area contributed by atoms with Crippen LogP contribution in [0.5, 0.6) is 5.75 Å². The average molecular weight is 374 g/mol.